The zero-order valence-electron chi connectivity index (χ0n) is 10.2. The maximum absolute atomic E-state index is 9.71. The number of rotatable bonds is 2. The molecule has 4 heteroatoms. The monoisotopic (exact) mass is 236 g/mol. The lowest BCUT2D eigenvalue weighted by Gasteiger charge is -2.41. The van der Waals surface area contributed by atoms with E-state index in [-0.39, 0.29) is 6.10 Å². The maximum Gasteiger partial charge on any atom is 0.117 e. The largest absolute Gasteiger partial charge is 0.468 e. The molecule has 0 aromatic carbocycles. The Hall–Kier alpha value is -0.840. The first-order chi connectivity index (χ1) is 8.22. The van der Waals surface area contributed by atoms with Crippen LogP contribution in [0.1, 0.15) is 19.1 Å². The van der Waals surface area contributed by atoms with Gasteiger partial charge in [-0.1, -0.05) is 0 Å². The average Bonchev–Trinajstić information content (AvgIpc) is 2.87. The lowest BCUT2D eigenvalue weighted by atomic mass is 10.1. The molecule has 0 aliphatic carbocycles. The Balaban J connectivity index is 1.66. The fourth-order valence-corrected chi connectivity index (χ4v) is 3.10. The Kier molecular flexibility index (Phi) is 2.94. The van der Waals surface area contributed by atoms with Crippen molar-refractivity contribution < 1.29 is 9.52 Å². The van der Waals surface area contributed by atoms with Crippen molar-refractivity contribution >= 4 is 0 Å². The number of aliphatic hydroxyl groups excluding tert-OH is 1. The first-order valence-electron chi connectivity index (χ1n) is 6.41. The van der Waals surface area contributed by atoms with Gasteiger partial charge in [0.1, 0.15) is 5.76 Å². The van der Waals surface area contributed by atoms with E-state index >= 15 is 0 Å². The first kappa shape index (κ1) is 11.3. The fourth-order valence-electron chi connectivity index (χ4n) is 3.10. The van der Waals surface area contributed by atoms with Crippen molar-refractivity contribution in [2.24, 2.45) is 0 Å². The summed E-state index contributed by atoms with van der Waals surface area (Å²) in [6, 6.07) is 5.02. The molecule has 3 atom stereocenters. The summed E-state index contributed by atoms with van der Waals surface area (Å²) >= 11 is 0. The molecule has 2 aliphatic heterocycles. The van der Waals surface area contributed by atoms with Crippen LogP contribution in [0, 0.1) is 0 Å². The Morgan fingerprint density at radius 1 is 1.41 bits per heavy atom. The van der Waals surface area contributed by atoms with Crippen molar-refractivity contribution in [3.05, 3.63) is 24.2 Å². The van der Waals surface area contributed by atoms with Crippen molar-refractivity contribution in [3.8, 4) is 0 Å². The van der Waals surface area contributed by atoms with E-state index < -0.39 is 0 Å². The highest BCUT2D eigenvalue weighted by Crippen LogP contribution is 2.26. The first-order valence-corrected chi connectivity index (χ1v) is 6.41. The van der Waals surface area contributed by atoms with Gasteiger partial charge in [0.2, 0.25) is 0 Å². The SMILES string of the molecule is C[C@@H]1CN2C[C@H](O)C[C@H]2CN1Cc1ccco1. The minimum absolute atomic E-state index is 0.129. The Bertz CT molecular complexity index is 366. The molecule has 0 saturated carbocycles. The van der Waals surface area contributed by atoms with Gasteiger partial charge in [-0.3, -0.25) is 9.80 Å². The lowest BCUT2D eigenvalue weighted by Crippen LogP contribution is -2.54. The maximum atomic E-state index is 9.71. The van der Waals surface area contributed by atoms with Crippen molar-refractivity contribution in [2.75, 3.05) is 19.6 Å². The Morgan fingerprint density at radius 3 is 3.06 bits per heavy atom. The molecule has 0 amide bonds. The van der Waals surface area contributed by atoms with Crippen LogP contribution in [0.15, 0.2) is 22.8 Å². The topological polar surface area (TPSA) is 39.9 Å². The molecular formula is C13H20N2O2. The summed E-state index contributed by atoms with van der Waals surface area (Å²) in [7, 11) is 0. The molecule has 2 aliphatic rings. The van der Waals surface area contributed by atoms with E-state index in [2.05, 4.69) is 16.7 Å². The third-order valence-electron chi connectivity index (χ3n) is 4.01. The van der Waals surface area contributed by atoms with E-state index in [9.17, 15) is 5.11 Å². The van der Waals surface area contributed by atoms with Gasteiger partial charge in [0.15, 0.2) is 0 Å². The molecule has 0 radical (unpaired) electrons. The second-order valence-corrected chi connectivity index (χ2v) is 5.36. The average molecular weight is 236 g/mol. The molecule has 1 N–H and O–H groups in total. The van der Waals surface area contributed by atoms with Crippen molar-refractivity contribution in [3.63, 3.8) is 0 Å². The van der Waals surface area contributed by atoms with E-state index in [1.54, 1.807) is 6.26 Å². The highest BCUT2D eigenvalue weighted by atomic mass is 16.3. The van der Waals surface area contributed by atoms with Crippen molar-refractivity contribution in [1.82, 2.24) is 9.80 Å². The van der Waals surface area contributed by atoms with Crippen LogP contribution in [0.2, 0.25) is 0 Å². The summed E-state index contributed by atoms with van der Waals surface area (Å²) < 4.78 is 5.41. The number of hydrogen-bond acceptors (Lipinski definition) is 4. The van der Waals surface area contributed by atoms with Gasteiger partial charge in [0, 0.05) is 31.7 Å². The van der Waals surface area contributed by atoms with Gasteiger partial charge < -0.3 is 9.52 Å². The molecule has 17 heavy (non-hydrogen) atoms. The number of fused-ring (bicyclic) bond motifs is 1. The molecule has 3 rings (SSSR count). The van der Waals surface area contributed by atoms with Gasteiger partial charge in [-0.15, -0.1) is 0 Å². The fraction of sp³-hybridized carbons (Fsp3) is 0.692. The van der Waals surface area contributed by atoms with Crippen molar-refractivity contribution in [1.29, 1.82) is 0 Å². The number of furan rings is 1. The predicted octanol–water partition coefficient (Wildman–Crippen LogP) is 0.919. The van der Waals surface area contributed by atoms with Crippen molar-refractivity contribution in [2.45, 2.75) is 38.1 Å². The highest BCUT2D eigenvalue weighted by Gasteiger charge is 2.38. The summed E-state index contributed by atoms with van der Waals surface area (Å²) in [5.41, 5.74) is 0. The predicted molar refractivity (Wildman–Crippen MR) is 64.6 cm³/mol. The molecule has 2 fully saturated rings. The normalized spacial score (nSPS) is 35.1. The number of piperazine rings is 1. The molecule has 2 saturated heterocycles. The van der Waals surface area contributed by atoms with E-state index in [4.69, 9.17) is 4.42 Å². The summed E-state index contributed by atoms with van der Waals surface area (Å²) in [4.78, 5) is 4.88. The molecular weight excluding hydrogens is 216 g/mol. The zero-order valence-corrected chi connectivity index (χ0v) is 10.2. The second kappa shape index (κ2) is 4.44. The van der Waals surface area contributed by atoms with E-state index in [0.717, 1.165) is 38.4 Å². The number of nitrogens with zero attached hydrogens (tertiary/aromatic N) is 2. The molecule has 94 valence electrons. The van der Waals surface area contributed by atoms with Crippen LogP contribution in [0.25, 0.3) is 0 Å². The van der Waals surface area contributed by atoms with Crippen LogP contribution in [0.5, 0.6) is 0 Å². The van der Waals surface area contributed by atoms with Crippen LogP contribution in [0.4, 0.5) is 0 Å². The number of hydrogen-bond donors (Lipinski definition) is 1. The van der Waals surface area contributed by atoms with Gasteiger partial charge >= 0.3 is 0 Å². The molecule has 4 nitrogen and oxygen atoms in total. The third kappa shape index (κ3) is 2.25. The quantitative estimate of drug-likeness (QED) is 0.829. The molecule has 1 aromatic heterocycles. The van der Waals surface area contributed by atoms with Gasteiger partial charge in [0.05, 0.1) is 18.9 Å². The van der Waals surface area contributed by atoms with Crippen LogP contribution < -0.4 is 0 Å². The minimum atomic E-state index is -0.129. The van der Waals surface area contributed by atoms with E-state index in [1.807, 2.05) is 12.1 Å². The number of aliphatic hydroxyl groups is 1. The summed E-state index contributed by atoms with van der Waals surface area (Å²) in [5.74, 6) is 1.03. The highest BCUT2D eigenvalue weighted by molar-refractivity contribution is 5.01. The smallest absolute Gasteiger partial charge is 0.117 e. The molecule has 0 spiro atoms. The second-order valence-electron chi connectivity index (χ2n) is 5.36. The van der Waals surface area contributed by atoms with Crippen LogP contribution in [-0.2, 0) is 6.54 Å². The zero-order chi connectivity index (χ0) is 11.8. The van der Waals surface area contributed by atoms with E-state index in [0.29, 0.717) is 12.1 Å². The van der Waals surface area contributed by atoms with Gasteiger partial charge in [0.25, 0.3) is 0 Å². The Labute approximate surface area is 102 Å². The van der Waals surface area contributed by atoms with Crippen LogP contribution >= 0.6 is 0 Å². The summed E-state index contributed by atoms with van der Waals surface area (Å²) in [5, 5.41) is 9.71. The molecule has 3 heterocycles. The standard InChI is InChI=1S/C13H20N2O2/c1-10-6-15-8-12(16)5-11(15)7-14(10)9-13-3-2-4-17-13/h2-4,10-12,16H,5-9H2,1H3/t10-,11+,12-/m1/s1. The minimum Gasteiger partial charge on any atom is -0.468 e. The summed E-state index contributed by atoms with van der Waals surface area (Å²) in [6.45, 7) is 6.09. The summed E-state index contributed by atoms with van der Waals surface area (Å²) in [6.07, 6.45) is 2.52. The molecule has 1 aromatic rings. The lowest BCUT2D eigenvalue weighted by molar-refractivity contribution is 0.0484. The van der Waals surface area contributed by atoms with Gasteiger partial charge in [-0.25, -0.2) is 0 Å². The van der Waals surface area contributed by atoms with E-state index in [1.165, 1.54) is 0 Å². The van der Waals surface area contributed by atoms with Crippen LogP contribution in [0.3, 0.4) is 0 Å². The molecule has 0 unspecified atom stereocenters. The van der Waals surface area contributed by atoms with Gasteiger partial charge in [-0.2, -0.15) is 0 Å². The third-order valence-corrected chi connectivity index (χ3v) is 4.01. The molecule has 0 bridgehead atoms. The van der Waals surface area contributed by atoms with Gasteiger partial charge in [-0.05, 0) is 25.5 Å². The Morgan fingerprint density at radius 2 is 2.29 bits per heavy atom. The van der Waals surface area contributed by atoms with Crippen LogP contribution in [-0.4, -0.2) is 52.7 Å².